The van der Waals surface area contributed by atoms with Crippen molar-refractivity contribution in [3.05, 3.63) is 18.2 Å². The summed E-state index contributed by atoms with van der Waals surface area (Å²) in [6.45, 7) is 2.00. The summed E-state index contributed by atoms with van der Waals surface area (Å²) in [5, 5.41) is 8.88. The van der Waals surface area contributed by atoms with Crippen molar-refractivity contribution in [1.82, 2.24) is 14.5 Å². The van der Waals surface area contributed by atoms with Gasteiger partial charge in [-0.05, 0) is 38.6 Å². The molecule has 1 aromatic heterocycles. The molecule has 1 saturated carbocycles. The van der Waals surface area contributed by atoms with Crippen molar-refractivity contribution in [2.45, 2.75) is 63.6 Å². The molecular weight excluding hydrogens is 254 g/mol. The third kappa shape index (κ3) is 3.20. The van der Waals surface area contributed by atoms with E-state index in [-0.39, 0.29) is 6.42 Å². The highest BCUT2D eigenvalue weighted by Gasteiger charge is 2.28. The number of aromatic nitrogens is 2. The Bertz CT molecular complexity index is 467. The second kappa shape index (κ2) is 5.95. The molecule has 2 aliphatic rings. The number of rotatable bonds is 6. The lowest BCUT2D eigenvalue weighted by Crippen LogP contribution is -2.39. The van der Waals surface area contributed by atoms with E-state index in [0.717, 1.165) is 25.9 Å². The van der Waals surface area contributed by atoms with Gasteiger partial charge < -0.3 is 9.67 Å². The summed E-state index contributed by atoms with van der Waals surface area (Å²) in [5.41, 5.74) is 1.29. The summed E-state index contributed by atoms with van der Waals surface area (Å²) < 4.78 is 2.31. The Hall–Kier alpha value is -1.36. The average Bonchev–Trinajstić information content (AvgIpc) is 3.18. The van der Waals surface area contributed by atoms with E-state index in [9.17, 15) is 4.79 Å². The number of piperidine rings is 1. The van der Waals surface area contributed by atoms with E-state index in [2.05, 4.69) is 14.5 Å². The predicted molar refractivity (Wildman–Crippen MR) is 75.4 cm³/mol. The van der Waals surface area contributed by atoms with Crippen LogP contribution in [0.15, 0.2) is 12.5 Å². The lowest BCUT2D eigenvalue weighted by atomic mass is 9.98. The normalized spacial score (nSPS) is 23.9. The van der Waals surface area contributed by atoms with Gasteiger partial charge in [-0.3, -0.25) is 9.69 Å². The molecule has 0 spiro atoms. The average molecular weight is 277 g/mol. The summed E-state index contributed by atoms with van der Waals surface area (Å²) in [6.07, 6.45) is 11.1. The minimum atomic E-state index is -0.682. The van der Waals surface area contributed by atoms with Gasteiger partial charge in [-0.2, -0.15) is 0 Å². The molecule has 1 aliphatic carbocycles. The van der Waals surface area contributed by atoms with Gasteiger partial charge in [-0.1, -0.05) is 6.42 Å². The quantitative estimate of drug-likeness (QED) is 0.867. The number of aliphatic carboxylic acids is 1. The molecule has 1 unspecified atom stereocenters. The van der Waals surface area contributed by atoms with E-state index in [1.807, 2.05) is 12.5 Å². The zero-order valence-corrected chi connectivity index (χ0v) is 11.9. The molecule has 110 valence electrons. The third-order valence-electron chi connectivity index (χ3n) is 4.49. The standard InChI is InChI=1S/C15H23N3O2/c19-15(20)7-6-12-3-1-2-8-17(12)10-14-9-16-11-18(14)13-4-5-13/h9,11-13H,1-8,10H2,(H,19,20). The Kier molecular flexibility index (Phi) is 4.05. The summed E-state index contributed by atoms with van der Waals surface area (Å²) in [6, 6.07) is 1.08. The number of hydrogen-bond donors (Lipinski definition) is 1. The lowest BCUT2D eigenvalue weighted by molar-refractivity contribution is -0.137. The largest absolute Gasteiger partial charge is 0.481 e. The van der Waals surface area contributed by atoms with Crippen molar-refractivity contribution in [1.29, 1.82) is 0 Å². The summed E-state index contributed by atoms with van der Waals surface area (Å²) in [5.74, 6) is -0.682. The molecule has 0 amide bonds. The topological polar surface area (TPSA) is 58.4 Å². The first-order valence-electron chi connectivity index (χ1n) is 7.70. The third-order valence-corrected chi connectivity index (χ3v) is 4.49. The maximum atomic E-state index is 10.8. The molecule has 3 rings (SSSR count). The molecule has 20 heavy (non-hydrogen) atoms. The van der Waals surface area contributed by atoms with Crippen LogP contribution in [0.1, 0.15) is 56.7 Å². The molecule has 1 aliphatic heterocycles. The van der Waals surface area contributed by atoms with Crippen LogP contribution < -0.4 is 0 Å². The molecule has 0 radical (unpaired) electrons. The van der Waals surface area contributed by atoms with E-state index in [4.69, 9.17) is 5.11 Å². The van der Waals surface area contributed by atoms with E-state index >= 15 is 0 Å². The Labute approximate surface area is 119 Å². The van der Waals surface area contributed by atoms with Crippen molar-refractivity contribution >= 4 is 5.97 Å². The monoisotopic (exact) mass is 277 g/mol. The number of carbonyl (C=O) groups is 1. The number of nitrogens with zero attached hydrogens (tertiary/aromatic N) is 3. The molecule has 1 atom stereocenters. The van der Waals surface area contributed by atoms with Crippen molar-refractivity contribution < 1.29 is 9.90 Å². The maximum Gasteiger partial charge on any atom is 0.303 e. The molecule has 1 N–H and O–H groups in total. The SMILES string of the molecule is O=C(O)CCC1CCCCN1Cc1cncn1C1CC1. The Balaban J connectivity index is 1.63. The fraction of sp³-hybridized carbons (Fsp3) is 0.733. The molecule has 2 heterocycles. The zero-order valence-electron chi connectivity index (χ0n) is 11.9. The van der Waals surface area contributed by atoms with E-state index in [1.54, 1.807) is 0 Å². The second-order valence-electron chi connectivity index (χ2n) is 6.08. The molecule has 0 aromatic carbocycles. The van der Waals surface area contributed by atoms with Crippen LogP contribution in [-0.4, -0.2) is 38.1 Å². The molecule has 1 aromatic rings. The highest BCUT2D eigenvalue weighted by Crippen LogP contribution is 2.36. The van der Waals surface area contributed by atoms with Gasteiger partial charge in [0.05, 0.1) is 12.0 Å². The van der Waals surface area contributed by atoms with Gasteiger partial charge in [0.15, 0.2) is 0 Å². The molecule has 1 saturated heterocycles. The predicted octanol–water partition coefficient (Wildman–Crippen LogP) is 2.44. The molecule has 2 fully saturated rings. The fourth-order valence-corrected chi connectivity index (χ4v) is 3.23. The number of carboxylic acids is 1. The first-order valence-corrected chi connectivity index (χ1v) is 7.70. The molecule has 0 bridgehead atoms. The fourth-order valence-electron chi connectivity index (χ4n) is 3.23. The van der Waals surface area contributed by atoms with Crippen molar-refractivity contribution in [3.8, 4) is 0 Å². The zero-order chi connectivity index (χ0) is 13.9. The van der Waals surface area contributed by atoms with Gasteiger partial charge in [0.25, 0.3) is 0 Å². The first kappa shape index (κ1) is 13.6. The van der Waals surface area contributed by atoms with E-state index in [1.165, 1.54) is 31.4 Å². The summed E-state index contributed by atoms with van der Waals surface area (Å²) >= 11 is 0. The van der Waals surface area contributed by atoms with Crippen LogP contribution in [0.2, 0.25) is 0 Å². The Morgan fingerprint density at radius 2 is 2.20 bits per heavy atom. The van der Waals surface area contributed by atoms with E-state index in [0.29, 0.717) is 12.1 Å². The van der Waals surface area contributed by atoms with Crippen LogP contribution in [0.4, 0.5) is 0 Å². The molecule has 5 nitrogen and oxygen atoms in total. The highest BCUT2D eigenvalue weighted by atomic mass is 16.4. The van der Waals surface area contributed by atoms with Gasteiger partial charge in [0.1, 0.15) is 0 Å². The van der Waals surface area contributed by atoms with Crippen LogP contribution in [0, 0.1) is 0 Å². The van der Waals surface area contributed by atoms with Crippen LogP contribution >= 0.6 is 0 Å². The van der Waals surface area contributed by atoms with Gasteiger partial charge >= 0.3 is 5.97 Å². The number of likely N-dealkylation sites (tertiary alicyclic amines) is 1. The molecular formula is C15H23N3O2. The smallest absolute Gasteiger partial charge is 0.303 e. The van der Waals surface area contributed by atoms with Crippen molar-refractivity contribution in [2.75, 3.05) is 6.54 Å². The first-order chi connectivity index (χ1) is 9.74. The van der Waals surface area contributed by atoms with Crippen molar-refractivity contribution in [2.24, 2.45) is 0 Å². The van der Waals surface area contributed by atoms with Crippen molar-refractivity contribution in [3.63, 3.8) is 0 Å². The summed E-state index contributed by atoms with van der Waals surface area (Å²) in [7, 11) is 0. The Morgan fingerprint density at radius 1 is 1.35 bits per heavy atom. The van der Waals surface area contributed by atoms with Crippen LogP contribution in [0.25, 0.3) is 0 Å². The lowest BCUT2D eigenvalue weighted by Gasteiger charge is -2.35. The number of imidazole rings is 1. The number of hydrogen-bond acceptors (Lipinski definition) is 3. The number of carboxylic acid groups (broad SMARTS) is 1. The van der Waals surface area contributed by atoms with Gasteiger partial charge in [-0.25, -0.2) is 4.98 Å². The Morgan fingerprint density at radius 3 is 2.95 bits per heavy atom. The van der Waals surface area contributed by atoms with Crippen LogP contribution in [0.3, 0.4) is 0 Å². The van der Waals surface area contributed by atoms with Gasteiger partial charge in [-0.15, -0.1) is 0 Å². The second-order valence-corrected chi connectivity index (χ2v) is 6.08. The maximum absolute atomic E-state index is 10.8. The molecule has 5 heteroatoms. The van der Waals surface area contributed by atoms with E-state index < -0.39 is 5.97 Å². The van der Waals surface area contributed by atoms with Gasteiger partial charge in [0.2, 0.25) is 0 Å². The van der Waals surface area contributed by atoms with Crippen LogP contribution in [0.5, 0.6) is 0 Å². The minimum absolute atomic E-state index is 0.281. The highest BCUT2D eigenvalue weighted by molar-refractivity contribution is 5.66. The summed E-state index contributed by atoms with van der Waals surface area (Å²) in [4.78, 5) is 17.5. The van der Waals surface area contributed by atoms with Crippen LogP contribution in [-0.2, 0) is 11.3 Å². The minimum Gasteiger partial charge on any atom is -0.481 e. The van der Waals surface area contributed by atoms with Gasteiger partial charge in [0, 0.05) is 31.2 Å².